The predicted octanol–water partition coefficient (Wildman–Crippen LogP) is 2.90. The summed E-state index contributed by atoms with van der Waals surface area (Å²) >= 11 is 6.94. The number of carbonyl (C=O) groups excluding carboxylic acids is 2. The van der Waals surface area contributed by atoms with Crippen LogP contribution < -0.4 is 0 Å². The summed E-state index contributed by atoms with van der Waals surface area (Å²) in [6.07, 6.45) is 0. The fourth-order valence-electron chi connectivity index (χ4n) is 2.71. The first-order valence-electron chi connectivity index (χ1n) is 8.08. The Morgan fingerprint density at radius 3 is 2.40 bits per heavy atom. The Morgan fingerprint density at radius 2 is 1.76 bits per heavy atom. The number of carbonyl (C=O) groups is 2. The van der Waals surface area contributed by atoms with Gasteiger partial charge in [-0.25, -0.2) is 4.79 Å². The van der Waals surface area contributed by atoms with E-state index in [2.05, 4.69) is 17.0 Å². The lowest BCUT2D eigenvalue weighted by atomic mass is 10.2. The lowest BCUT2D eigenvalue weighted by Crippen LogP contribution is -2.49. The zero-order valence-corrected chi connectivity index (χ0v) is 15.3. The van der Waals surface area contributed by atoms with Crippen molar-refractivity contribution in [3.05, 3.63) is 57.2 Å². The first kappa shape index (κ1) is 17.9. The summed E-state index contributed by atoms with van der Waals surface area (Å²) in [4.78, 5) is 28.5. The Morgan fingerprint density at radius 1 is 1.04 bits per heavy atom. The van der Waals surface area contributed by atoms with Gasteiger partial charge in [-0.3, -0.25) is 9.69 Å². The summed E-state index contributed by atoms with van der Waals surface area (Å²) in [6, 6.07) is 13.5. The van der Waals surface area contributed by atoms with Crippen LogP contribution in [0.4, 0.5) is 0 Å². The standard InChI is InChI=1S/C18H19ClN2O3S/c19-16-7-6-15(25-16)18(23)24-13-17(22)21-10-8-20(9-11-21)12-14-4-2-1-3-5-14/h1-7H,8-13H2. The fraction of sp³-hybridized carbons (Fsp3) is 0.333. The molecular weight excluding hydrogens is 360 g/mol. The topological polar surface area (TPSA) is 49.9 Å². The van der Waals surface area contributed by atoms with Crippen LogP contribution in [0.15, 0.2) is 42.5 Å². The van der Waals surface area contributed by atoms with Gasteiger partial charge in [0, 0.05) is 32.7 Å². The maximum Gasteiger partial charge on any atom is 0.348 e. The van der Waals surface area contributed by atoms with Crippen molar-refractivity contribution in [2.24, 2.45) is 0 Å². The van der Waals surface area contributed by atoms with E-state index in [9.17, 15) is 9.59 Å². The van der Waals surface area contributed by atoms with Gasteiger partial charge in [-0.1, -0.05) is 41.9 Å². The minimum absolute atomic E-state index is 0.157. The van der Waals surface area contributed by atoms with Crippen molar-refractivity contribution in [3.8, 4) is 0 Å². The Balaban J connectivity index is 1.41. The van der Waals surface area contributed by atoms with Crippen LogP contribution in [0.1, 0.15) is 15.2 Å². The molecule has 0 atom stereocenters. The van der Waals surface area contributed by atoms with Gasteiger partial charge in [0.25, 0.3) is 5.91 Å². The first-order valence-corrected chi connectivity index (χ1v) is 9.28. The second-order valence-corrected chi connectivity index (χ2v) is 7.54. The van der Waals surface area contributed by atoms with Crippen molar-refractivity contribution in [2.75, 3.05) is 32.8 Å². The van der Waals surface area contributed by atoms with Gasteiger partial charge < -0.3 is 9.64 Å². The predicted molar refractivity (Wildman–Crippen MR) is 97.9 cm³/mol. The van der Waals surface area contributed by atoms with Crippen molar-refractivity contribution < 1.29 is 14.3 Å². The number of amides is 1. The van der Waals surface area contributed by atoms with E-state index in [4.69, 9.17) is 16.3 Å². The van der Waals surface area contributed by atoms with E-state index in [1.165, 1.54) is 5.56 Å². The summed E-state index contributed by atoms with van der Waals surface area (Å²) in [5.41, 5.74) is 1.27. The van der Waals surface area contributed by atoms with Crippen molar-refractivity contribution >= 4 is 34.8 Å². The van der Waals surface area contributed by atoms with E-state index in [0.29, 0.717) is 22.3 Å². The van der Waals surface area contributed by atoms with Crippen LogP contribution in [0.3, 0.4) is 0 Å². The third kappa shape index (κ3) is 5.04. The third-order valence-corrected chi connectivity index (χ3v) is 5.29. The molecule has 1 aromatic carbocycles. The molecule has 2 aromatic rings. The maximum absolute atomic E-state index is 12.2. The zero-order chi connectivity index (χ0) is 17.6. The number of nitrogens with zero attached hydrogens (tertiary/aromatic N) is 2. The van der Waals surface area contributed by atoms with Crippen molar-refractivity contribution in [2.45, 2.75) is 6.54 Å². The third-order valence-electron chi connectivity index (χ3n) is 4.08. The van der Waals surface area contributed by atoms with Crippen LogP contribution in [-0.2, 0) is 16.1 Å². The van der Waals surface area contributed by atoms with Crippen molar-refractivity contribution in [1.82, 2.24) is 9.80 Å². The monoisotopic (exact) mass is 378 g/mol. The lowest BCUT2D eigenvalue weighted by molar-refractivity contribution is -0.136. The molecule has 1 amide bonds. The molecule has 3 rings (SSSR count). The van der Waals surface area contributed by atoms with Crippen LogP contribution in [0.5, 0.6) is 0 Å². The minimum atomic E-state index is -0.507. The van der Waals surface area contributed by atoms with Crippen LogP contribution in [-0.4, -0.2) is 54.5 Å². The van der Waals surface area contributed by atoms with E-state index >= 15 is 0 Å². The zero-order valence-electron chi connectivity index (χ0n) is 13.7. The summed E-state index contributed by atoms with van der Waals surface area (Å²) in [5.74, 6) is -0.664. The van der Waals surface area contributed by atoms with Crippen molar-refractivity contribution in [3.63, 3.8) is 0 Å². The van der Waals surface area contributed by atoms with E-state index in [1.807, 2.05) is 18.2 Å². The Bertz CT molecular complexity index is 727. The number of halogens is 1. The fourth-order valence-corrected chi connectivity index (χ4v) is 3.65. The number of piperazine rings is 1. The normalized spacial score (nSPS) is 15.2. The Labute approximate surface area is 155 Å². The molecule has 0 N–H and O–H groups in total. The van der Waals surface area contributed by atoms with Gasteiger partial charge in [0.15, 0.2) is 6.61 Å². The molecule has 0 bridgehead atoms. The maximum atomic E-state index is 12.2. The molecule has 1 aliphatic heterocycles. The smallest absolute Gasteiger partial charge is 0.348 e. The summed E-state index contributed by atoms with van der Waals surface area (Å²) in [7, 11) is 0. The summed E-state index contributed by atoms with van der Waals surface area (Å²) in [6.45, 7) is 3.58. The molecule has 25 heavy (non-hydrogen) atoms. The van der Waals surface area contributed by atoms with E-state index in [-0.39, 0.29) is 12.5 Å². The highest BCUT2D eigenvalue weighted by molar-refractivity contribution is 7.17. The molecule has 1 saturated heterocycles. The number of rotatable bonds is 5. The van der Waals surface area contributed by atoms with Crippen LogP contribution in [0.2, 0.25) is 4.34 Å². The van der Waals surface area contributed by atoms with E-state index < -0.39 is 5.97 Å². The Kier molecular flexibility index (Phi) is 6.07. The molecule has 1 aliphatic rings. The summed E-state index contributed by atoms with van der Waals surface area (Å²) in [5, 5.41) is 0. The molecule has 0 saturated carbocycles. The molecule has 0 unspecified atom stereocenters. The lowest BCUT2D eigenvalue weighted by Gasteiger charge is -2.34. The Hall–Kier alpha value is -1.89. The van der Waals surface area contributed by atoms with Gasteiger partial charge in [-0.2, -0.15) is 0 Å². The van der Waals surface area contributed by atoms with Gasteiger partial charge >= 0.3 is 5.97 Å². The van der Waals surface area contributed by atoms with E-state index in [1.54, 1.807) is 17.0 Å². The molecule has 0 aliphatic carbocycles. The first-order chi connectivity index (χ1) is 12.1. The highest BCUT2D eigenvalue weighted by Crippen LogP contribution is 2.22. The molecule has 2 heterocycles. The van der Waals surface area contributed by atoms with Gasteiger partial charge in [0.05, 0.1) is 4.34 Å². The second kappa shape index (κ2) is 8.47. The second-order valence-electron chi connectivity index (χ2n) is 5.82. The van der Waals surface area contributed by atoms with Gasteiger partial charge in [-0.05, 0) is 17.7 Å². The van der Waals surface area contributed by atoms with Gasteiger partial charge in [0.1, 0.15) is 4.88 Å². The largest absolute Gasteiger partial charge is 0.451 e. The van der Waals surface area contributed by atoms with Gasteiger partial charge in [0.2, 0.25) is 0 Å². The number of benzene rings is 1. The van der Waals surface area contributed by atoms with Crippen LogP contribution in [0, 0.1) is 0 Å². The van der Waals surface area contributed by atoms with Crippen LogP contribution >= 0.6 is 22.9 Å². The molecule has 132 valence electrons. The highest BCUT2D eigenvalue weighted by atomic mass is 35.5. The molecule has 0 radical (unpaired) electrons. The number of hydrogen-bond acceptors (Lipinski definition) is 5. The average Bonchev–Trinajstić information content (AvgIpc) is 3.07. The SMILES string of the molecule is O=C(OCC(=O)N1CCN(Cc2ccccc2)CC1)c1ccc(Cl)s1. The molecule has 0 spiro atoms. The summed E-state index contributed by atoms with van der Waals surface area (Å²) < 4.78 is 5.61. The molecule has 1 aromatic heterocycles. The average molecular weight is 379 g/mol. The van der Waals surface area contributed by atoms with Crippen molar-refractivity contribution in [1.29, 1.82) is 0 Å². The number of thiophene rings is 1. The number of esters is 1. The molecule has 5 nitrogen and oxygen atoms in total. The number of ether oxygens (including phenoxy) is 1. The molecular formula is C18H19ClN2O3S. The van der Waals surface area contributed by atoms with E-state index in [0.717, 1.165) is 31.0 Å². The van der Waals surface area contributed by atoms with Crippen LogP contribution in [0.25, 0.3) is 0 Å². The highest BCUT2D eigenvalue weighted by Gasteiger charge is 2.22. The quantitative estimate of drug-likeness (QED) is 0.751. The minimum Gasteiger partial charge on any atom is -0.451 e. The molecule has 1 fully saturated rings. The van der Waals surface area contributed by atoms with Gasteiger partial charge in [-0.15, -0.1) is 11.3 Å². The number of hydrogen-bond donors (Lipinski definition) is 0. The molecule has 7 heteroatoms.